The number of nitrogens with zero attached hydrogens (tertiary/aromatic N) is 3. The van der Waals surface area contributed by atoms with E-state index in [0.717, 1.165) is 18.5 Å². The van der Waals surface area contributed by atoms with Gasteiger partial charge in [-0.3, -0.25) is 9.59 Å². The van der Waals surface area contributed by atoms with Gasteiger partial charge >= 0.3 is 5.97 Å². The Morgan fingerprint density at radius 1 is 1.32 bits per heavy atom. The number of methoxy groups -OCH3 is 1. The average molecular weight is 343 g/mol. The van der Waals surface area contributed by atoms with E-state index in [-0.39, 0.29) is 17.8 Å². The maximum absolute atomic E-state index is 13.0. The smallest absolute Gasteiger partial charge is 0.310 e. The van der Waals surface area contributed by atoms with E-state index in [1.54, 1.807) is 24.3 Å². The van der Waals surface area contributed by atoms with Gasteiger partial charge in [-0.2, -0.15) is 0 Å². The normalized spacial score (nSPS) is 11.8. The van der Waals surface area contributed by atoms with E-state index >= 15 is 0 Å². The number of aryl methyl sites for hydroxylation is 2. The van der Waals surface area contributed by atoms with E-state index < -0.39 is 0 Å². The number of benzene rings is 1. The third-order valence-corrected chi connectivity index (χ3v) is 4.16. The molecule has 25 heavy (non-hydrogen) atoms. The summed E-state index contributed by atoms with van der Waals surface area (Å²) >= 11 is 0. The topological polar surface area (TPSA) is 64.4 Å². The number of ether oxygens (including phenoxy) is 1. The third-order valence-electron chi connectivity index (χ3n) is 4.16. The molecule has 1 heterocycles. The average Bonchev–Trinajstić information content (AvgIpc) is 3.13. The molecule has 1 aromatic carbocycles. The van der Waals surface area contributed by atoms with E-state index in [0.29, 0.717) is 18.7 Å². The number of rotatable bonds is 8. The molecule has 0 aliphatic heterocycles. The van der Waals surface area contributed by atoms with Crippen molar-refractivity contribution < 1.29 is 14.3 Å². The van der Waals surface area contributed by atoms with E-state index in [1.165, 1.54) is 7.11 Å². The maximum Gasteiger partial charge on any atom is 0.310 e. The van der Waals surface area contributed by atoms with E-state index in [9.17, 15) is 9.59 Å². The van der Waals surface area contributed by atoms with Crippen LogP contribution in [0.25, 0.3) is 0 Å². The summed E-state index contributed by atoms with van der Waals surface area (Å²) in [5.74, 6) is -0.733. The summed E-state index contributed by atoms with van der Waals surface area (Å²) in [6, 6.07) is 7.50. The predicted octanol–water partition coefficient (Wildman–Crippen LogP) is 2.53. The van der Waals surface area contributed by atoms with Crippen molar-refractivity contribution >= 4 is 11.9 Å². The molecule has 1 unspecified atom stereocenters. The fourth-order valence-electron chi connectivity index (χ4n) is 2.73. The van der Waals surface area contributed by atoms with Crippen LogP contribution < -0.4 is 0 Å². The molecule has 0 saturated carbocycles. The van der Waals surface area contributed by atoms with E-state index in [4.69, 9.17) is 4.74 Å². The molecule has 0 radical (unpaired) electrons. The fourth-order valence-corrected chi connectivity index (χ4v) is 2.73. The lowest BCUT2D eigenvalue weighted by molar-refractivity contribution is -0.145. The predicted molar refractivity (Wildman–Crippen MR) is 95.1 cm³/mol. The van der Waals surface area contributed by atoms with Crippen molar-refractivity contribution in [3.05, 3.63) is 54.1 Å². The number of amides is 1. The maximum atomic E-state index is 13.0. The summed E-state index contributed by atoms with van der Waals surface area (Å²) in [6.45, 7) is 5.36. The quantitative estimate of drug-likeness (QED) is 0.691. The van der Waals surface area contributed by atoms with Gasteiger partial charge < -0.3 is 14.2 Å². The van der Waals surface area contributed by atoms with Crippen LogP contribution in [0.5, 0.6) is 0 Å². The minimum atomic E-state index is -0.369. The number of hydrogen-bond acceptors (Lipinski definition) is 4. The molecule has 0 saturated heterocycles. The van der Waals surface area contributed by atoms with E-state index in [2.05, 4.69) is 4.98 Å². The SMILES string of the molecule is COC(=O)C(C)CN(CCCn1ccnc1)C(=O)c1ccccc1C. The van der Waals surface area contributed by atoms with Crippen LogP contribution >= 0.6 is 0 Å². The largest absolute Gasteiger partial charge is 0.469 e. The Kier molecular flexibility index (Phi) is 6.74. The number of carbonyl (C=O) groups is 2. The summed E-state index contributed by atoms with van der Waals surface area (Å²) in [6.07, 6.45) is 6.16. The number of esters is 1. The Morgan fingerprint density at radius 2 is 2.08 bits per heavy atom. The molecule has 134 valence electrons. The molecule has 0 bridgehead atoms. The number of imidazole rings is 1. The van der Waals surface area contributed by atoms with Crippen molar-refractivity contribution in [3.8, 4) is 0 Å². The van der Waals surface area contributed by atoms with Crippen molar-refractivity contribution in [1.29, 1.82) is 0 Å². The number of carbonyl (C=O) groups excluding carboxylic acids is 2. The van der Waals surface area contributed by atoms with Gasteiger partial charge in [-0.15, -0.1) is 0 Å². The van der Waals surface area contributed by atoms with Crippen LogP contribution in [0, 0.1) is 12.8 Å². The summed E-state index contributed by atoms with van der Waals surface area (Å²) < 4.78 is 6.77. The van der Waals surface area contributed by atoms with Crippen LogP contribution in [0.1, 0.15) is 29.3 Å². The van der Waals surface area contributed by atoms with Crippen LogP contribution in [0.15, 0.2) is 43.0 Å². The second-order valence-electron chi connectivity index (χ2n) is 6.14. The fraction of sp³-hybridized carbons (Fsp3) is 0.421. The molecule has 0 aliphatic carbocycles. The van der Waals surface area contributed by atoms with Crippen molar-refractivity contribution in [3.63, 3.8) is 0 Å². The zero-order chi connectivity index (χ0) is 18.2. The number of hydrogen-bond donors (Lipinski definition) is 0. The van der Waals surface area contributed by atoms with E-state index in [1.807, 2.05) is 42.0 Å². The molecule has 0 N–H and O–H groups in total. The molecule has 2 aromatic rings. The van der Waals surface area contributed by atoms with Crippen molar-refractivity contribution in [2.75, 3.05) is 20.2 Å². The minimum absolute atomic E-state index is 0.0560. The molecule has 0 aliphatic rings. The van der Waals surface area contributed by atoms with Crippen LogP contribution in [0.3, 0.4) is 0 Å². The van der Waals surface area contributed by atoms with Crippen LogP contribution in [0.2, 0.25) is 0 Å². The highest BCUT2D eigenvalue weighted by Crippen LogP contribution is 2.13. The number of aromatic nitrogens is 2. The van der Waals surface area contributed by atoms with Gasteiger partial charge in [-0.1, -0.05) is 25.1 Å². The zero-order valence-corrected chi connectivity index (χ0v) is 15.0. The van der Waals surface area contributed by atoms with Gasteiger partial charge in [0.1, 0.15) is 0 Å². The molecule has 6 nitrogen and oxygen atoms in total. The molecule has 1 atom stereocenters. The van der Waals surface area contributed by atoms with Gasteiger partial charge in [0.2, 0.25) is 0 Å². The van der Waals surface area contributed by atoms with Gasteiger partial charge in [0.15, 0.2) is 0 Å². The van der Waals surface area contributed by atoms with Gasteiger partial charge in [-0.25, -0.2) is 4.98 Å². The molecule has 2 rings (SSSR count). The van der Waals surface area contributed by atoms with Gasteiger partial charge in [0.25, 0.3) is 5.91 Å². The monoisotopic (exact) mass is 343 g/mol. The first-order valence-corrected chi connectivity index (χ1v) is 8.41. The molecular weight excluding hydrogens is 318 g/mol. The molecule has 1 aromatic heterocycles. The Balaban J connectivity index is 2.08. The van der Waals surface area contributed by atoms with Crippen LogP contribution in [-0.4, -0.2) is 46.5 Å². The molecular formula is C19H25N3O3. The first-order chi connectivity index (χ1) is 12.0. The molecule has 1 amide bonds. The Morgan fingerprint density at radius 3 is 2.72 bits per heavy atom. The Hall–Kier alpha value is -2.63. The Labute approximate surface area is 148 Å². The van der Waals surface area contributed by atoms with Gasteiger partial charge in [0, 0.05) is 37.6 Å². The Bertz CT molecular complexity index is 698. The third kappa shape index (κ3) is 5.17. The molecule has 6 heteroatoms. The first-order valence-electron chi connectivity index (χ1n) is 8.41. The summed E-state index contributed by atoms with van der Waals surface area (Å²) in [4.78, 5) is 30.5. The van der Waals surface area contributed by atoms with Crippen molar-refractivity contribution in [2.45, 2.75) is 26.8 Å². The highest BCUT2D eigenvalue weighted by molar-refractivity contribution is 5.95. The lowest BCUT2D eigenvalue weighted by Gasteiger charge is -2.26. The van der Waals surface area contributed by atoms with Crippen LogP contribution in [0.4, 0.5) is 0 Å². The summed E-state index contributed by atoms with van der Waals surface area (Å²) in [7, 11) is 1.37. The molecule has 0 fully saturated rings. The van der Waals surface area contributed by atoms with Gasteiger partial charge in [0.05, 0.1) is 19.4 Å². The van der Waals surface area contributed by atoms with Gasteiger partial charge in [-0.05, 0) is 25.0 Å². The second kappa shape index (κ2) is 9.01. The summed E-state index contributed by atoms with van der Waals surface area (Å²) in [5, 5.41) is 0. The summed E-state index contributed by atoms with van der Waals surface area (Å²) in [5.41, 5.74) is 1.60. The highest BCUT2D eigenvalue weighted by Gasteiger charge is 2.23. The first kappa shape index (κ1) is 18.7. The lowest BCUT2D eigenvalue weighted by atomic mass is 10.1. The second-order valence-corrected chi connectivity index (χ2v) is 6.14. The molecule has 0 spiro atoms. The minimum Gasteiger partial charge on any atom is -0.469 e. The van der Waals surface area contributed by atoms with Crippen LogP contribution in [-0.2, 0) is 16.1 Å². The highest BCUT2D eigenvalue weighted by atomic mass is 16.5. The van der Waals surface area contributed by atoms with Crippen molar-refractivity contribution in [1.82, 2.24) is 14.5 Å². The standard InChI is InChI=1S/C19H25N3O3/c1-15-7-4-5-8-17(15)18(23)22(13-16(2)19(24)25-3)11-6-10-21-12-9-20-14-21/h4-5,7-9,12,14,16H,6,10-11,13H2,1-3H3. The lowest BCUT2D eigenvalue weighted by Crippen LogP contribution is -2.38. The van der Waals surface area contributed by atoms with Crippen molar-refractivity contribution in [2.24, 2.45) is 5.92 Å². The zero-order valence-electron chi connectivity index (χ0n) is 15.0.